The largest absolute Gasteiger partial charge is 0.325 e. The number of benzene rings is 2. The minimum Gasteiger partial charge on any atom is -0.325 e. The average molecular weight is 460 g/mol. The summed E-state index contributed by atoms with van der Waals surface area (Å²) in [6.45, 7) is 2.68. The maximum Gasteiger partial charge on any atom is 0.258 e. The van der Waals surface area contributed by atoms with Gasteiger partial charge >= 0.3 is 0 Å². The predicted octanol–water partition coefficient (Wildman–Crippen LogP) is 5.42. The first-order valence-corrected chi connectivity index (χ1v) is 12.8. The minimum atomic E-state index is -0.103. The number of nitrogens with one attached hydrogen (secondary N) is 1. The zero-order valence-corrected chi connectivity index (χ0v) is 19.8. The first-order valence-electron chi connectivity index (χ1n) is 11.8. The molecule has 5 nitrogen and oxygen atoms in total. The molecule has 3 aromatic rings. The van der Waals surface area contributed by atoms with E-state index in [9.17, 15) is 9.59 Å². The van der Waals surface area contributed by atoms with E-state index in [4.69, 9.17) is 4.98 Å². The van der Waals surface area contributed by atoms with Gasteiger partial charge in [0, 0.05) is 23.2 Å². The molecular weight excluding hydrogens is 430 g/mol. The summed E-state index contributed by atoms with van der Waals surface area (Å²) >= 11 is 1.35. The van der Waals surface area contributed by atoms with Crippen molar-refractivity contribution in [3.05, 3.63) is 76.1 Å². The summed E-state index contributed by atoms with van der Waals surface area (Å²) in [5, 5.41) is 3.55. The van der Waals surface area contributed by atoms with E-state index >= 15 is 0 Å². The third kappa shape index (κ3) is 4.12. The van der Waals surface area contributed by atoms with E-state index in [1.165, 1.54) is 17.3 Å². The van der Waals surface area contributed by atoms with Crippen LogP contribution in [0, 0.1) is 0 Å². The summed E-state index contributed by atoms with van der Waals surface area (Å²) in [7, 11) is 0. The summed E-state index contributed by atoms with van der Waals surface area (Å²) in [4.78, 5) is 31.6. The minimum absolute atomic E-state index is 0.0872. The number of aromatic nitrogens is 2. The van der Waals surface area contributed by atoms with Crippen LogP contribution in [-0.4, -0.2) is 21.2 Å². The van der Waals surface area contributed by atoms with E-state index in [-0.39, 0.29) is 22.6 Å². The zero-order valence-electron chi connectivity index (χ0n) is 19.0. The van der Waals surface area contributed by atoms with Gasteiger partial charge < -0.3 is 5.32 Å². The van der Waals surface area contributed by atoms with Gasteiger partial charge in [-0.15, -0.1) is 0 Å². The molecule has 1 amide bonds. The van der Waals surface area contributed by atoms with E-state index in [1.54, 1.807) is 0 Å². The SMILES string of the molecule is CCCn1c(SCC(=O)Nc2ccccc2)nc2c(c1=O)C1(CCCC1)Cc1ccccc1-2. The lowest BCUT2D eigenvalue weighted by Gasteiger charge is -2.36. The second-order valence-electron chi connectivity index (χ2n) is 9.10. The van der Waals surface area contributed by atoms with Gasteiger partial charge in [-0.05, 0) is 43.4 Å². The Morgan fingerprint density at radius 3 is 2.58 bits per heavy atom. The van der Waals surface area contributed by atoms with Crippen molar-refractivity contribution in [1.29, 1.82) is 0 Å². The van der Waals surface area contributed by atoms with Crippen molar-refractivity contribution in [3.63, 3.8) is 0 Å². The number of anilines is 1. The van der Waals surface area contributed by atoms with E-state index in [0.717, 1.165) is 61.0 Å². The molecule has 0 radical (unpaired) electrons. The number of carbonyl (C=O) groups excluding carboxylic acids is 1. The van der Waals surface area contributed by atoms with Crippen molar-refractivity contribution in [2.75, 3.05) is 11.1 Å². The maximum atomic E-state index is 13.9. The highest BCUT2D eigenvalue weighted by atomic mass is 32.2. The fraction of sp³-hybridized carbons (Fsp3) is 0.370. The smallest absolute Gasteiger partial charge is 0.258 e. The Bertz CT molecular complexity index is 1230. The second-order valence-corrected chi connectivity index (χ2v) is 10.0. The number of hydrogen-bond acceptors (Lipinski definition) is 4. The van der Waals surface area contributed by atoms with Crippen molar-refractivity contribution in [1.82, 2.24) is 9.55 Å². The molecule has 0 saturated heterocycles. The molecule has 2 aromatic carbocycles. The molecule has 0 aliphatic heterocycles. The number of fused-ring (bicyclic) bond motifs is 4. The van der Waals surface area contributed by atoms with Crippen LogP contribution in [0.25, 0.3) is 11.3 Å². The number of rotatable bonds is 6. The van der Waals surface area contributed by atoms with Gasteiger partial charge in [-0.1, -0.05) is 74.0 Å². The highest BCUT2D eigenvalue weighted by Gasteiger charge is 2.44. The van der Waals surface area contributed by atoms with E-state index in [0.29, 0.717) is 11.7 Å². The van der Waals surface area contributed by atoms with Gasteiger partial charge in [-0.3, -0.25) is 14.2 Å². The number of thioether (sulfide) groups is 1. The topological polar surface area (TPSA) is 64.0 Å². The highest BCUT2D eigenvalue weighted by molar-refractivity contribution is 7.99. The summed E-state index contributed by atoms with van der Waals surface area (Å²) in [6.07, 6.45) is 6.17. The summed E-state index contributed by atoms with van der Waals surface area (Å²) in [5.41, 5.74) is 4.85. The van der Waals surface area contributed by atoms with Gasteiger partial charge in [0.05, 0.1) is 17.0 Å². The highest BCUT2D eigenvalue weighted by Crippen LogP contribution is 2.49. The number of hydrogen-bond donors (Lipinski definition) is 1. The Kier molecular flexibility index (Phi) is 6.11. The first-order chi connectivity index (χ1) is 16.1. The fourth-order valence-electron chi connectivity index (χ4n) is 5.42. The monoisotopic (exact) mass is 459 g/mol. The first kappa shape index (κ1) is 22.0. The van der Waals surface area contributed by atoms with Crippen molar-refractivity contribution in [3.8, 4) is 11.3 Å². The average Bonchev–Trinajstić information content (AvgIpc) is 3.28. The van der Waals surface area contributed by atoms with Crippen LogP contribution in [0.3, 0.4) is 0 Å². The van der Waals surface area contributed by atoms with Gasteiger partial charge in [0.2, 0.25) is 5.91 Å². The molecular formula is C27H29N3O2S. The molecule has 33 heavy (non-hydrogen) atoms. The number of carbonyl (C=O) groups is 1. The molecule has 0 unspecified atom stereocenters. The summed E-state index contributed by atoms with van der Waals surface area (Å²) in [5.74, 6) is 0.102. The van der Waals surface area contributed by atoms with Gasteiger partial charge in [0.1, 0.15) is 0 Å². The van der Waals surface area contributed by atoms with E-state index in [1.807, 2.05) is 41.0 Å². The second kappa shape index (κ2) is 9.18. The molecule has 1 spiro atoms. The van der Waals surface area contributed by atoms with E-state index in [2.05, 4.69) is 30.4 Å². The van der Waals surface area contributed by atoms with Crippen LogP contribution in [0.2, 0.25) is 0 Å². The lowest BCUT2D eigenvalue weighted by Crippen LogP contribution is -2.40. The molecule has 0 atom stereocenters. The van der Waals surface area contributed by atoms with Crippen LogP contribution in [0.5, 0.6) is 0 Å². The van der Waals surface area contributed by atoms with Crippen LogP contribution >= 0.6 is 11.8 Å². The molecule has 5 rings (SSSR count). The Morgan fingerprint density at radius 1 is 1.09 bits per heavy atom. The van der Waals surface area contributed by atoms with Gasteiger partial charge in [-0.2, -0.15) is 0 Å². The number of nitrogens with zero attached hydrogens (tertiary/aromatic N) is 2. The Labute approximate surface area is 198 Å². The Balaban J connectivity index is 1.54. The lowest BCUT2D eigenvalue weighted by atomic mass is 9.68. The summed E-state index contributed by atoms with van der Waals surface area (Å²) in [6, 6.07) is 17.8. The molecule has 1 saturated carbocycles. The van der Waals surface area contributed by atoms with Crippen LogP contribution in [-0.2, 0) is 23.2 Å². The zero-order chi connectivity index (χ0) is 22.8. The van der Waals surface area contributed by atoms with Crippen molar-refractivity contribution in [2.45, 2.75) is 62.6 Å². The Hall–Kier alpha value is -2.86. The number of para-hydroxylation sites is 1. The fourth-order valence-corrected chi connectivity index (χ4v) is 6.24. The third-order valence-corrected chi connectivity index (χ3v) is 7.84. The molecule has 2 aliphatic rings. The number of amides is 1. The van der Waals surface area contributed by atoms with Crippen molar-refractivity contribution in [2.24, 2.45) is 0 Å². The van der Waals surface area contributed by atoms with Gasteiger partial charge in [-0.25, -0.2) is 4.98 Å². The standard InChI is InChI=1S/C27H29N3O2S/c1-2-16-30-25(32)23-24(21-13-7-6-10-19(21)17-27(23)14-8-9-15-27)29-26(30)33-18-22(31)28-20-11-4-3-5-12-20/h3-7,10-13H,2,8-9,14-18H2,1H3,(H,28,31). The molecule has 1 aromatic heterocycles. The van der Waals surface area contributed by atoms with Gasteiger partial charge in [0.15, 0.2) is 5.16 Å². The molecule has 170 valence electrons. The van der Waals surface area contributed by atoms with Gasteiger partial charge in [0.25, 0.3) is 5.56 Å². The molecule has 1 fully saturated rings. The Morgan fingerprint density at radius 2 is 1.82 bits per heavy atom. The summed E-state index contributed by atoms with van der Waals surface area (Å²) < 4.78 is 1.81. The normalized spacial score (nSPS) is 15.8. The van der Waals surface area contributed by atoms with Crippen molar-refractivity contribution < 1.29 is 4.79 Å². The molecule has 1 N–H and O–H groups in total. The molecule has 2 aliphatic carbocycles. The van der Waals surface area contributed by atoms with Crippen LogP contribution in [0.4, 0.5) is 5.69 Å². The maximum absolute atomic E-state index is 13.9. The molecule has 0 bridgehead atoms. The lowest BCUT2D eigenvalue weighted by molar-refractivity contribution is -0.113. The molecule has 1 heterocycles. The van der Waals surface area contributed by atoms with Crippen LogP contribution < -0.4 is 10.9 Å². The quantitative estimate of drug-likeness (QED) is 0.395. The van der Waals surface area contributed by atoms with Crippen LogP contribution in [0.1, 0.15) is 50.2 Å². The third-order valence-electron chi connectivity index (χ3n) is 6.86. The predicted molar refractivity (Wildman–Crippen MR) is 134 cm³/mol. The van der Waals surface area contributed by atoms with Crippen LogP contribution in [0.15, 0.2) is 64.5 Å². The van der Waals surface area contributed by atoms with Crippen molar-refractivity contribution >= 4 is 23.4 Å². The van der Waals surface area contributed by atoms with E-state index < -0.39 is 0 Å². The molecule has 6 heteroatoms.